The first-order valence-corrected chi connectivity index (χ1v) is 9.38. The Hall–Kier alpha value is -3.52. The summed E-state index contributed by atoms with van der Waals surface area (Å²) in [7, 11) is 0. The smallest absolute Gasteiger partial charge is 0.271 e. The molecule has 1 aromatic heterocycles. The zero-order valence-corrected chi connectivity index (χ0v) is 16.8. The monoisotopic (exact) mass is 451 g/mol. The maximum absolute atomic E-state index is 11.0. The van der Waals surface area contributed by atoms with Crippen molar-refractivity contribution in [3.8, 4) is 17.2 Å². The number of aryl methyl sites for hydroxylation is 1. The van der Waals surface area contributed by atoms with Crippen LogP contribution in [-0.4, -0.2) is 21.2 Å². The van der Waals surface area contributed by atoms with Crippen molar-refractivity contribution in [1.29, 1.82) is 0 Å². The fourth-order valence-electron chi connectivity index (χ4n) is 2.85. The summed E-state index contributed by atoms with van der Waals surface area (Å²) in [5.41, 5.74) is 3.92. The van der Waals surface area contributed by atoms with Gasteiger partial charge in [0.2, 0.25) is 5.89 Å². The topological polar surface area (TPSA) is 102 Å². The predicted octanol–water partition coefficient (Wildman–Crippen LogP) is 5.93. The third kappa shape index (κ3) is 3.88. The third-order valence-electron chi connectivity index (χ3n) is 4.28. The number of nitrogens with zero attached hydrogens (tertiary/aromatic N) is 3. The van der Waals surface area contributed by atoms with Crippen LogP contribution in [0.5, 0.6) is 5.75 Å². The molecule has 0 radical (unpaired) electrons. The minimum absolute atomic E-state index is 0.122. The minimum atomic E-state index is -0.532. The number of nitro groups is 1. The van der Waals surface area contributed by atoms with Crippen LogP contribution in [0.2, 0.25) is 0 Å². The summed E-state index contributed by atoms with van der Waals surface area (Å²) >= 11 is 3.12. The molecule has 0 aliphatic heterocycles. The van der Waals surface area contributed by atoms with Crippen molar-refractivity contribution >= 4 is 44.6 Å². The number of benzene rings is 3. The van der Waals surface area contributed by atoms with Crippen LogP contribution in [-0.2, 0) is 0 Å². The average molecular weight is 452 g/mol. The van der Waals surface area contributed by atoms with Crippen molar-refractivity contribution in [3.05, 3.63) is 80.3 Å². The molecule has 0 fully saturated rings. The van der Waals surface area contributed by atoms with Crippen LogP contribution in [0.25, 0.3) is 22.6 Å². The summed E-state index contributed by atoms with van der Waals surface area (Å²) in [6.07, 6.45) is 1.37. The summed E-state index contributed by atoms with van der Waals surface area (Å²) in [6.45, 7) is 2.00. The molecule has 1 N–H and O–H groups in total. The lowest BCUT2D eigenvalue weighted by Crippen LogP contribution is -1.91. The Morgan fingerprint density at radius 2 is 2.03 bits per heavy atom. The fraction of sp³-hybridized carbons (Fsp3) is 0.0476. The Bertz CT molecular complexity index is 1280. The molecule has 0 saturated heterocycles. The molecule has 0 amide bonds. The van der Waals surface area contributed by atoms with E-state index >= 15 is 0 Å². The van der Waals surface area contributed by atoms with E-state index in [0.717, 1.165) is 11.1 Å². The van der Waals surface area contributed by atoms with Crippen molar-refractivity contribution in [3.63, 3.8) is 0 Å². The third-order valence-corrected chi connectivity index (χ3v) is 4.88. The molecule has 0 aliphatic carbocycles. The Balaban J connectivity index is 1.68. The van der Waals surface area contributed by atoms with E-state index in [1.807, 2.05) is 31.2 Å². The first kappa shape index (κ1) is 18.8. The van der Waals surface area contributed by atoms with E-state index in [9.17, 15) is 15.2 Å². The number of oxazole rings is 1. The lowest BCUT2D eigenvalue weighted by Gasteiger charge is -2.02. The predicted molar refractivity (Wildman–Crippen MR) is 114 cm³/mol. The van der Waals surface area contributed by atoms with Gasteiger partial charge in [0, 0.05) is 29.5 Å². The highest BCUT2D eigenvalue weighted by atomic mass is 79.9. The molecule has 0 bridgehead atoms. The van der Waals surface area contributed by atoms with E-state index in [1.165, 1.54) is 18.3 Å². The van der Waals surface area contributed by atoms with E-state index in [2.05, 4.69) is 25.9 Å². The van der Waals surface area contributed by atoms with Gasteiger partial charge in [0.15, 0.2) is 5.58 Å². The Kier molecular flexibility index (Phi) is 4.85. The maximum atomic E-state index is 11.0. The molecule has 0 unspecified atom stereocenters. The van der Waals surface area contributed by atoms with Crippen LogP contribution in [0.4, 0.5) is 11.4 Å². The quantitative estimate of drug-likeness (QED) is 0.235. The number of phenolic OH excluding ortho intramolecular Hbond substituents is 1. The molecular formula is C21H14BrN3O4. The van der Waals surface area contributed by atoms with Crippen LogP contribution in [0.1, 0.15) is 11.1 Å². The second-order valence-corrected chi connectivity index (χ2v) is 7.28. The molecule has 8 heteroatoms. The van der Waals surface area contributed by atoms with Crippen molar-refractivity contribution in [1.82, 2.24) is 4.98 Å². The molecule has 0 saturated carbocycles. The summed E-state index contributed by atoms with van der Waals surface area (Å²) in [5.74, 6) is 0.397. The molecule has 29 heavy (non-hydrogen) atoms. The van der Waals surface area contributed by atoms with Crippen molar-refractivity contribution < 1.29 is 14.4 Å². The van der Waals surface area contributed by atoms with E-state index in [4.69, 9.17) is 4.42 Å². The van der Waals surface area contributed by atoms with Gasteiger partial charge >= 0.3 is 0 Å². The minimum Gasteiger partial charge on any atom is -0.506 e. The van der Waals surface area contributed by atoms with E-state index in [0.29, 0.717) is 22.7 Å². The molecule has 1 heterocycles. The number of non-ortho nitro benzene ring substituents is 1. The normalized spacial score (nSPS) is 11.4. The second kappa shape index (κ2) is 7.48. The van der Waals surface area contributed by atoms with Crippen LogP contribution < -0.4 is 0 Å². The van der Waals surface area contributed by atoms with Gasteiger partial charge in [0.25, 0.3) is 5.69 Å². The number of hydrogen-bond donors (Lipinski definition) is 1. The molecule has 0 aliphatic rings. The number of aromatic nitrogens is 1. The maximum Gasteiger partial charge on any atom is 0.271 e. The molecule has 3 aromatic carbocycles. The van der Waals surface area contributed by atoms with Crippen molar-refractivity contribution in [2.24, 2.45) is 4.99 Å². The van der Waals surface area contributed by atoms with Gasteiger partial charge in [0.1, 0.15) is 11.3 Å². The fourth-order valence-corrected chi connectivity index (χ4v) is 3.31. The SMILES string of the molecule is Cc1cccc(-c2nc3cc(N=Cc4cc([N+](=O)[O-])cc(Br)c4O)ccc3o2)c1. The molecule has 7 nitrogen and oxygen atoms in total. The number of aliphatic imine (C=N–C) groups is 1. The zero-order valence-electron chi connectivity index (χ0n) is 15.2. The highest BCUT2D eigenvalue weighted by molar-refractivity contribution is 9.10. The van der Waals surface area contributed by atoms with Crippen LogP contribution >= 0.6 is 15.9 Å². The van der Waals surface area contributed by atoms with Gasteiger partial charge in [-0.3, -0.25) is 15.1 Å². The first-order chi connectivity index (χ1) is 13.9. The van der Waals surface area contributed by atoms with E-state index in [-0.39, 0.29) is 21.5 Å². The summed E-state index contributed by atoms with van der Waals surface area (Å²) < 4.78 is 6.04. The van der Waals surface area contributed by atoms with Gasteiger partial charge in [0.05, 0.1) is 15.1 Å². The Morgan fingerprint density at radius 3 is 2.79 bits per heavy atom. The highest BCUT2D eigenvalue weighted by Gasteiger charge is 2.14. The number of aromatic hydroxyl groups is 1. The molecule has 0 atom stereocenters. The van der Waals surface area contributed by atoms with Crippen LogP contribution in [0.3, 0.4) is 0 Å². The van der Waals surface area contributed by atoms with E-state index in [1.54, 1.807) is 18.2 Å². The lowest BCUT2D eigenvalue weighted by molar-refractivity contribution is -0.385. The first-order valence-electron chi connectivity index (χ1n) is 8.59. The van der Waals surface area contributed by atoms with E-state index < -0.39 is 4.92 Å². The van der Waals surface area contributed by atoms with Crippen LogP contribution in [0.15, 0.2) is 68.5 Å². The summed E-state index contributed by atoms with van der Waals surface area (Å²) in [4.78, 5) is 19.3. The van der Waals surface area contributed by atoms with Gasteiger partial charge in [-0.25, -0.2) is 4.98 Å². The standard InChI is InChI=1S/C21H14BrN3O4/c1-12-3-2-4-13(7-12)21-24-18-9-15(5-6-19(18)29-21)23-11-14-8-16(25(27)28)10-17(22)20(14)26/h2-11,26H,1H3. The number of phenols is 1. The average Bonchev–Trinajstić information content (AvgIpc) is 3.12. The van der Waals surface area contributed by atoms with Gasteiger partial charge in [-0.15, -0.1) is 0 Å². The van der Waals surface area contributed by atoms with Gasteiger partial charge in [-0.05, 0) is 53.2 Å². The number of rotatable bonds is 4. The van der Waals surface area contributed by atoms with Gasteiger partial charge < -0.3 is 9.52 Å². The summed E-state index contributed by atoms with van der Waals surface area (Å²) in [5, 5.41) is 21.1. The van der Waals surface area contributed by atoms with Gasteiger partial charge in [-0.1, -0.05) is 17.7 Å². The number of hydrogen-bond acceptors (Lipinski definition) is 6. The second-order valence-electron chi connectivity index (χ2n) is 6.42. The number of nitro benzene ring substituents is 1. The van der Waals surface area contributed by atoms with Crippen molar-refractivity contribution in [2.45, 2.75) is 6.92 Å². The Labute approximate surface area is 173 Å². The molecule has 4 rings (SSSR count). The molecule has 0 spiro atoms. The molecule has 144 valence electrons. The number of halogens is 1. The number of fused-ring (bicyclic) bond motifs is 1. The zero-order chi connectivity index (χ0) is 20.5. The molecule has 4 aromatic rings. The largest absolute Gasteiger partial charge is 0.506 e. The van der Waals surface area contributed by atoms with Crippen molar-refractivity contribution in [2.75, 3.05) is 0 Å². The molecular weight excluding hydrogens is 438 g/mol. The summed E-state index contributed by atoms with van der Waals surface area (Å²) in [6, 6.07) is 15.6. The van der Waals surface area contributed by atoms with Gasteiger partial charge in [-0.2, -0.15) is 0 Å². The Morgan fingerprint density at radius 1 is 1.21 bits per heavy atom. The lowest BCUT2D eigenvalue weighted by atomic mass is 10.1. The van der Waals surface area contributed by atoms with Crippen LogP contribution in [0, 0.1) is 17.0 Å². The highest BCUT2D eigenvalue weighted by Crippen LogP contribution is 2.32.